The summed E-state index contributed by atoms with van der Waals surface area (Å²) in [5.41, 5.74) is 8.52. The minimum absolute atomic E-state index is 0. The summed E-state index contributed by atoms with van der Waals surface area (Å²) < 4.78 is 10.4. The van der Waals surface area contributed by atoms with Crippen molar-refractivity contribution in [2.75, 3.05) is 32.2 Å². The molecule has 2 amide bonds. The van der Waals surface area contributed by atoms with E-state index in [1.165, 1.54) is 7.11 Å². The zero-order chi connectivity index (χ0) is 20.4. The highest BCUT2D eigenvalue weighted by molar-refractivity contribution is 5.91. The maximum absolute atomic E-state index is 12.0. The molecule has 2 rings (SSSR count). The van der Waals surface area contributed by atoms with Crippen LogP contribution in [0.2, 0.25) is 0 Å². The molecule has 2 aromatic rings. The van der Waals surface area contributed by atoms with Gasteiger partial charge in [-0.05, 0) is 48.7 Å². The zero-order valence-electron chi connectivity index (χ0n) is 16.6. The van der Waals surface area contributed by atoms with Crippen LogP contribution in [-0.4, -0.2) is 44.7 Å². The van der Waals surface area contributed by atoms with Gasteiger partial charge in [0.15, 0.2) is 6.61 Å². The van der Waals surface area contributed by atoms with E-state index < -0.39 is 6.04 Å². The summed E-state index contributed by atoms with van der Waals surface area (Å²) in [4.78, 5) is 23.7. The molecule has 0 saturated heterocycles. The van der Waals surface area contributed by atoms with Crippen LogP contribution in [0.4, 0.5) is 5.69 Å². The number of nitrogens with two attached hydrogens (primary N) is 1. The number of rotatable bonds is 10. The molecule has 0 bridgehead atoms. The summed E-state index contributed by atoms with van der Waals surface area (Å²) in [6, 6.07) is 14.3. The molecule has 0 heterocycles. The third-order valence-corrected chi connectivity index (χ3v) is 3.99. The zero-order valence-corrected chi connectivity index (χ0v) is 17.5. The van der Waals surface area contributed by atoms with E-state index in [1.54, 1.807) is 12.1 Å². The summed E-state index contributed by atoms with van der Waals surface area (Å²) in [5.74, 6) is 0.153. The van der Waals surface area contributed by atoms with Gasteiger partial charge in [0.1, 0.15) is 11.8 Å². The molecule has 1 atom stereocenters. The molecule has 1 unspecified atom stereocenters. The van der Waals surface area contributed by atoms with Crippen molar-refractivity contribution >= 4 is 29.9 Å². The van der Waals surface area contributed by atoms with E-state index >= 15 is 0 Å². The number of ether oxygens (including phenoxy) is 2. The summed E-state index contributed by atoms with van der Waals surface area (Å²) in [7, 11) is 1.50. The molecule has 0 saturated carbocycles. The van der Waals surface area contributed by atoms with Crippen molar-refractivity contribution in [1.82, 2.24) is 5.32 Å². The van der Waals surface area contributed by atoms with Gasteiger partial charge in [-0.1, -0.05) is 24.3 Å². The number of carbonyl (C=O) groups is 2. The number of hydrogen-bond acceptors (Lipinski definition) is 5. The van der Waals surface area contributed by atoms with Crippen LogP contribution in [0, 0.1) is 6.92 Å². The molecule has 0 aliphatic heterocycles. The second kappa shape index (κ2) is 12.8. The quantitative estimate of drug-likeness (QED) is 0.545. The van der Waals surface area contributed by atoms with Gasteiger partial charge in [0.25, 0.3) is 5.91 Å². The normalized spacial score (nSPS) is 11.1. The lowest BCUT2D eigenvalue weighted by molar-refractivity contribution is -0.123. The van der Waals surface area contributed by atoms with E-state index in [4.69, 9.17) is 15.2 Å². The van der Waals surface area contributed by atoms with Crippen molar-refractivity contribution in [3.63, 3.8) is 0 Å². The van der Waals surface area contributed by atoms with Crippen LogP contribution in [0.15, 0.2) is 48.5 Å². The molecule has 7 nitrogen and oxygen atoms in total. The maximum atomic E-state index is 12.0. The Morgan fingerprint density at radius 1 is 1.14 bits per heavy atom. The largest absolute Gasteiger partial charge is 0.484 e. The summed E-state index contributed by atoms with van der Waals surface area (Å²) in [6.07, 6.45) is 0.666. The van der Waals surface area contributed by atoms with Crippen LogP contribution >= 0.6 is 12.4 Å². The first-order chi connectivity index (χ1) is 13.5. The van der Waals surface area contributed by atoms with Gasteiger partial charge in [-0.25, -0.2) is 0 Å². The average molecular weight is 422 g/mol. The van der Waals surface area contributed by atoms with Gasteiger partial charge in [0.05, 0.1) is 6.61 Å². The van der Waals surface area contributed by atoms with Crippen molar-refractivity contribution in [3.8, 4) is 5.75 Å². The summed E-state index contributed by atoms with van der Waals surface area (Å²) in [6.45, 7) is 2.57. The third-order valence-electron chi connectivity index (χ3n) is 3.99. The smallest absolute Gasteiger partial charge is 0.262 e. The Labute approximate surface area is 177 Å². The Bertz CT molecular complexity index is 784. The fraction of sp³-hybridized carbons (Fsp3) is 0.333. The highest BCUT2D eigenvalue weighted by atomic mass is 35.5. The predicted molar refractivity (Wildman–Crippen MR) is 116 cm³/mol. The fourth-order valence-electron chi connectivity index (χ4n) is 2.54. The minimum Gasteiger partial charge on any atom is -0.484 e. The van der Waals surface area contributed by atoms with Gasteiger partial charge < -0.3 is 25.8 Å². The summed E-state index contributed by atoms with van der Waals surface area (Å²) >= 11 is 0. The van der Waals surface area contributed by atoms with E-state index in [9.17, 15) is 9.59 Å². The second-order valence-electron chi connectivity index (χ2n) is 6.45. The van der Waals surface area contributed by atoms with Crippen molar-refractivity contribution in [2.45, 2.75) is 19.4 Å². The number of methoxy groups -OCH3 is 1. The Hall–Kier alpha value is -2.61. The Kier molecular flexibility index (Phi) is 10.8. The van der Waals surface area contributed by atoms with Gasteiger partial charge in [-0.3, -0.25) is 9.59 Å². The monoisotopic (exact) mass is 421 g/mol. The summed E-state index contributed by atoms with van der Waals surface area (Å²) in [5, 5.41) is 5.57. The molecule has 0 aliphatic rings. The highest BCUT2D eigenvalue weighted by Gasteiger charge is 2.11. The van der Waals surface area contributed by atoms with Crippen LogP contribution < -0.4 is 21.1 Å². The van der Waals surface area contributed by atoms with Gasteiger partial charge >= 0.3 is 0 Å². The van der Waals surface area contributed by atoms with E-state index in [0.717, 1.165) is 16.8 Å². The van der Waals surface area contributed by atoms with Crippen LogP contribution in [0.1, 0.15) is 11.1 Å². The number of nitrogens with one attached hydrogen (secondary N) is 2. The molecule has 0 spiro atoms. The van der Waals surface area contributed by atoms with Gasteiger partial charge in [0.2, 0.25) is 5.91 Å². The Morgan fingerprint density at radius 3 is 2.52 bits per heavy atom. The second-order valence-corrected chi connectivity index (χ2v) is 6.45. The van der Waals surface area contributed by atoms with E-state index in [1.807, 2.05) is 43.3 Å². The Morgan fingerprint density at radius 2 is 1.86 bits per heavy atom. The van der Waals surface area contributed by atoms with Crippen LogP contribution in [-0.2, 0) is 20.7 Å². The molecule has 0 aromatic heterocycles. The molecule has 29 heavy (non-hydrogen) atoms. The lowest BCUT2D eigenvalue weighted by Crippen LogP contribution is -2.44. The number of aryl methyl sites for hydroxylation is 1. The molecule has 0 fully saturated rings. The van der Waals surface area contributed by atoms with Crippen LogP contribution in [0.5, 0.6) is 5.75 Å². The minimum atomic E-state index is -0.660. The van der Waals surface area contributed by atoms with Crippen LogP contribution in [0.25, 0.3) is 0 Å². The maximum Gasteiger partial charge on any atom is 0.262 e. The number of anilines is 1. The highest BCUT2D eigenvalue weighted by Crippen LogP contribution is 2.13. The SMILES string of the molecule is COCC(N)C(=O)NCCc1ccc(OCC(=O)Nc2cccc(C)c2)cc1.Cl. The van der Waals surface area contributed by atoms with Crippen molar-refractivity contribution in [1.29, 1.82) is 0 Å². The molecule has 0 aliphatic carbocycles. The first-order valence-corrected chi connectivity index (χ1v) is 9.08. The molecule has 0 radical (unpaired) electrons. The third kappa shape index (κ3) is 8.95. The number of halogens is 1. The standard InChI is InChI=1S/C21H27N3O4.ClH/c1-15-4-3-5-17(12-15)24-20(25)14-28-18-8-6-16(7-9-18)10-11-23-21(26)19(22)13-27-2;/h3-9,12,19H,10-11,13-14,22H2,1-2H3,(H,23,26)(H,24,25);1H. The average Bonchev–Trinajstić information content (AvgIpc) is 2.67. The fourth-order valence-corrected chi connectivity index (χ4v) is 2.54. The van der Waals surface area contributed by atoms with E-state index in [2.05, 4.69) is 10.6 Å². The van der Waals surface area contributed by atoms with Gasteiger partial charge in [0, 0.05) is 19.3 Å². The molecular weight excluding hydrogens is 394 g/mol. The van der Waals surface area contributed by atoms with Crippen LogP contribution in [0.3, 0.4) is 0 Å². The first kappa shape index (κ1) is 24.4. The first-order valence-electron chi connectivity index (χ1n) is 9.08. The predicted octanol–water partition coefficient (Wildman–Crippen LogP) is 2.07. The number of benzene rings is 2. The number of carbonyl (C=O) groups excluding carboxylic acids is 2. The Balaban J connectivity index is 0.00000420. The van der Waals surface area contributed by atoms with Crippen molar-refractivity contribution in [3.05, 3.63) is 59.7 Å². The number of hydrogen-bond donors (Lipinski definition) is 3. The topological polar surface area (TPSA) is 103 Å². The number of amides is 2. The van der Waals surface area contributed by atoms with Gasteiger partial charge in [-0.15, -0.1) is 12.4 Å². The lowest BCUT2D eigenvalue weighted by Gasteiger charge is -2.11. The van der Waals surface area contributed by atoms with Crippen molar-refractivity contribution in [2.24, 2.45) is 5.73 Å². The lowest BCUT2D eigenvalue weighted by atomic mass is 10.1. The molecule has 158 valence electrons. The van der Waals surface area contributed by atoms with E-state index in [-0.39, 0.29) is 37.4 Å². The molecule has 8 heteroatoms. The molecule has 4 N–H and O–H groups in total. The molecular formula is C21H28ClN3O4. The molecule has 2 aromatic carbocycles. The van der Waals surface area contributed by atoms with Crippen molar-refractivity contribution < 1.29 is 19.1 Å². The van der Waals surface area contributed by atoms with Gasteiger partial charge in [-0.2, -0.15) is 0 Å². The van der Waals surface area contributed by atoms with E-state index in [0.29, 0.717) is 18.7 Å².